The number of carbonyl (C=O) groups is 1. The molecule has 1 heterocycles. The SMILES string of the molecule is COc1ccc(B2OC(C)(C)C(C)(C)O2)cc1C(=O)NC1CCCC1. The first-order valence-corrected chi connectivity index (χ1v) is 9.08. The average molecular weight is 345 g/mol. The van der Waals surface area contributed by atoms with Gasteiger partial charge in [0, 0.05) is 6.04 Å². The molecule has 0 radical (unpaired) electrons. The number of benzene rings is 1. The topological polar surface area (TPSA) is 56.8 Å². The van der Waals surface area contributed by atoms with Crippen LogP contribution in [0.3, 0.4) is 0 Å². The van der Waals surface area contributed by atoms with Crippen LogP contribution in [-0.4, -0.2) is 37.4 Å². The monoisotopic (exact) mass is 345 g/mol. The number of hydrogen-bond donors (Lipinski definition) is 1. The third kappa shape index (κ3) is 3.56. The Morgan fingerprint density at radius 1 is 1.16 bits per heavy atom. The van der Waals surface area contributed by atoms with Crippen LogP contribution in [0.5, 0.6) is 5.75 Å². The highest BCUT2D eigenvalue weighted by Crippen LogP contribution is 2.36. The van der Waals surface area contributed by atoms with Crippen LogP contribution in [0.15, 0.2) is 18.2 Å². The van der Waals surface area contributed by atoms with E-state index >= 15 is 0 Å². The molecule has 1 N–H and O–H groups in total. The van der Waals surface area contributed by atoms with E-state index < -0.39 is 18.3 Å². The van der Waals surface area contributed by atoms with Crippen LogP contribution in [0.1, 0.15) is 63.7 Å². The zero-order chi connectivity index (χ0) is 18.2. The van der Waals surface area contributed by atoms with E-state index in [0.717, 1.165) is 18.3 Å². The highest BCUT2D eigenvalue weighted by Gasteiger charge is 2.51. The largest absolute Gasteiger partial charge is 0.496 e. The summed E-state index contributed by atoms with van der Waals surface area (Å²) in [5.41, 5.74) is 0.533. The standard InChI is InChI=1S/C19H28BNO4/c1-18(2)19(3,4)25-20(24-18)13-10-11-16(23-5)15(12-13)17(22)21-14-8-6-7-9-14/h10-12,14H,6-9H2,1-5H3,(H,21,22). The number of hydrogen-bond acceptors (Lipinski definition) is 4. The zero-order valence-corrected chi connectivity index (χ0v) is 15.8. The second-order valence-corrected chi connectivity index (χ2v) is 8.00. The molecule has 5 nitrogen and oxygen atoms in total. The van der Waals surface area contributed by atoms with Crippen LogP contribution in [0.4, 0.5) is 0 Å². The van der Waals surface area contributed by atoms with E-state index in [2.05, 4.69) is 5.32 Å². The van der Waals surface area contributed by atoms with Gasteiger partial charge in [0.15, 0.2) is 0 Å². The maximum Gasteiger partial charge on any atom is 0.494 e. The quantitative estimate of drug-likeness (QED) is 0.853. The molecule has 0 aromatic heterocycles. The second-order valence-electron chi connectivity index (χ2n) is 8.00. The van der Waals surface area contributed by atoms with Gasteiger partial charge in [-0.15, -0.1) is 0 Å². The number of rotatable bonds is 4. The molecule has 3 rings (SSSR count). The Balaban J connectivity index is 1.84. The number of amides is 1. The Labute approximate surface area is 150 Å². The predicted octanol–water partition coefficient (Wildman–Crippen LogP) is 2.67. The third-order valence-electron chi connectivity index (χ3n) is 5.68. The molecule has 0 spiro atoms. The Morgan fingerprint density at radius 3 is 2.32 bits per heavy atom. The van der Waals surface area contributed by atoms with Crippen molar-refractivity contribution in [2.24, 2.45) is 0 Å². The van der Waals surface area contributed by atoms with E-state index in [1.807, 2.05) is 45.9 Å². The summed E-state index contributed by atoms with van der Waals surface area (Å²) in [5, 5.41) is 3.12. The van der Waals surface area contributed by atoms with Gasteiger partial charge in [-0.3, -0.25) is 4.79 Å². The van der Waals surface area contributed by atoms with Crippen LogP contribution >= 0.6 is 0 Å². The first kappa shape index (κ1) is 18.3. The number of carbonyl (C=O) groups excluding carboxylic acids is 1. The van der Waals surface area contributed by atoms with Gasteiger partial charge in [0.25, 0.3) is 5.91 Å². The highest BCUT2D eigenvalue weighted by atomic mass is 16.7. The fourth-order valence-corrected chi connectivity index (χ4v) is 3.36. The summed E-state index contributed by atoms with van der Waals surface area (Å²) in [6.07, 6.45) is 4.45. The second kappa shape index (κ2) is 6.65. The molecule has 0 unspecified atom stereocenters. The Bertz CT molecular complexity index is 637. The van der Waals surface area contributed by atoms with Gasteiger partial charge in [0.1, 0.15) is 5.75 Å². The Morgan fingerprint density at radius 2 is 1.76 bits per heavy atom. The van der Waals surface area contributed by atoms with Crippen molar-refractivity contribution in [2.75, 3.05) is 7.11 Å². The van der Waals surface area contributed by atoms with Gasteiger partial charge in [0.2, 0.25) is 0 Å². The minimum atomic E-state index is -0.492. The maximum absolute atomic E-state index is 12.7. The van der Waals surface area contributed by atoms with Crippen molar-refractivity contribution >= 4 is 18.5 Å². The summed E-state index contributed by atoms with van der Waals surface area (Å²) < 4.78 is 17.6. The van der Waals surface area contributed by atoms with Crippen molar-refractivity contribution in [2.45, 2.75) is 70.6 Å². The van der Waals surface area contributed by atoms with E-state index in [1.54, 1.807) is 7.11 Å². The van der Waals surface area contributed by atoms with Crippen LogP contribution in [0.25, 0.3) is 0 Å². The van der Waals surface area contributed by atoms with E-state index in [4.69, 9.17) is 14.0 Å². The lowest BCUT2D eigenvalue weighted by Gasteiger charge is -2.32. The Kier molecular flexibility index (Phi) is 4.86. The third-order valence-corrected chi connectivity index (χ3v) is 5.68. The molecule has 1 amide bonds. The molecule has 0 atom stereocenters. The molecule has 25 heavy (non-hydrogen) atoms. The van der Waals surface area contributed by atoms with Gasteiger partial charge in [-0.2, -0.15) is 0 Å². The first-order chi connectivity index (χ1) is 11.7. The van der Waals surface area contributed by atoms with Crippen LogP contribution in [-0.2, 0) is 9.31 Å². The van der Waals surface area contributed by atoms with E-state index in [1.165, 1.54) is 12.8 Å². The molecule has 1 saturated carbocycles. The van der Waals surface area contributed by atoms with E-state index in [9.17, 15) is 4.79 Å². The maximum atomic E-state index is 12.7. The van der Waals surface area contributed by atoms with E-state index in [0.29, 0.717) is 11.3 Å². The normalized spacial score (nSPS) is 22.2. The molecular weight excluding hydrogens is 317 g/mol. The van der Waals surface area contributed by atoms with Gasteiger partial charge < -0.3 is 19.4 Å². The van der Waals surface area contributed by atoms with Crippen LogP contribution in [0, 0.1) is 0 Å². The molecule has 1 saturated heterocycles. The highest BCUT2D eigenvalue weighted by molar-refractivity contribution is 6.62. The summed E-state index contributed by atoms with van der Waals surface area (Å²) in [5.74, 6) is 0.470. The molecule has 1 aliphatic heterocycles. The molecule has 136 valence electrons. The molecule has 2 aliphatic rings. The molecule has 1 aliphatic carbocycles. The van der Waals surface area contributed by atoms with Gasteiger partial charge in [-0.05, 0) is 58.1 Å². The van der Waals surface area contributed by atoms with Crippen LogP contribution in [0.2, 0.25) is 0 Å². The summed E-state index contributed by atoms with van der Waals surface area (Å²) >= 11 is 0. The van der Waals surface area contributed by atoms with Crippen LogP contribution < -0.4 is 15.5 Å². The van der Waals surface area contributed by atoms with Crippen molar-refractivity contribution in [1.29, 1.82) is 0 Å². The molecule has 6 heteroatoms. The van der Waals surface area contributed by atoms with Crippen molar-refractivity contribution < 1.29 is 18.8 Å². The average Bonchev–Trinajstić information content (AvgIpc) is 3.12. The molecule has 0 bridgehead atoms. The summed E-state index contributed by atoms with van der Waals surface area (Å²) in [4.78, 5) is 12.7. The zero-order valence-electron chi connectivity index (χ0n) is 15.8. The lowest BCUT2D eigenvalue weighted by molar-refractivity contribution is 0.00578. The molecular formula is C19H28BNO4. The molecule has 1 aromatic rings. The first-order valence-electron chi connectivity index (χ1n) is 9.08. The summed E-state index contributed by atoms with van der Waals surface area (Å²) in [6.45, 7) is 8.07. The smallest absolute Gasteiger partial charge is 0.494 e. The van der Waals surface area contributed by atoms with E-state index in [-0.39, 0.29) is 11.9 Å². The lowest BCUT2D eigenvalue weighted by Crippen LogP contribution is -2.41. The number of ether oxygens (including phenoxy) is 1. The fourth-order valence-electron chi connectivity index (χ4n) is 3.36. The minimum Gasteiger partial charge on any atom is -0.496 e. The van der Waals surface area contributed by atoms with Crippen molar-refractivity contribution in [3.63, 3.8) is 0 Å². The Hall–Kier alpha value is -1.53. The predicted molar refractivity (Wildman–Crippen MR) is 98.4 cm³/mol. The minimum absolute atomic E-state index is 0.0953. The lowest BCUT2D eigenvalue weighted by atomic mass is 9.78. The van der Waals surface area contributed by atoms with Crippen molar-refractivity contribution in [1.82, 2.24) is 5.32 Å². The van der Waals surface area contributed by atoms with Gasteiger partial charge in [-0.25, -0.2) is 0 Å². The van der Waals surface area contributed by atoms with Gasteiger partial charge in [-0.1, -0.05) is 18.9 Å². The number of methoxy groups -OCH3 is 1. The van der Waals surface area contributed by atoms with Crippen molar-refractivity contribution in [3.8, 4) is 5.75 Å². The van der Waals surface area contributed by atoms with Crippen molar-refractivity contribution in [3.05, 3.63) is 23.8 Å². The fraction of sp³-hybridized carbons (Fsp3) is 0.632. The summed E-state index contributed by atoms with van der Waals surface area (Å²) in [7, 11) is 1.09. The number of nitrogens with one attached hydrogen (secondary N) is 1. The summed E-state index contributed by atoms with van der Waals surface area (Å²) in [6, 6.07) is 5.79. The molecule has 2 fully saturated rings. The molecule has 1 aromatic carbocycles. The van der Waals surface area contributed by atoms with Gasteiger partial charge in [0.05, 0.1) is 23.9 Å². The van der Waals surface area contributed by atoms with Gasteiger partial charge >= 0.3 is 7.12 Å².